The monoisotopic (exact) mass is 369 g/mol. The first-order valence-electron chi connectivity index (χ1n) is 8.60. The maximum Gasteiger partial charge on any atom is 0.282 e. The van der Waals surface area contributed by atoms with Gasteiger partial charge in [0.2, 0.25) is 0 Å². The number of nitrogens with one attached hydrogen (secondary N) is 2. The van der Waals surface area contributed by atoms with Crippen LogP contribution in [0.4, 0.5) is 4.39 Å². The van der Waals surface area contributed by atoms with E-state index in [9.17, 15) is 14.0 Å². The lowest BCUT2D eigenvalue weighted by molar-refractivity contribution is -0.124. The first-order chi connectivity index (χ1) is 13.1. The molecule has 0 atom stereocenters. The molecule has 0 aliphatic carbocycles. The highest BCUT2D eigenvalue weighted by molar-refractivity contribution is 6.05. The molecular weight excluding hydrogens is 349 g/mol. The quantitative estimate of drug-likeness (QED) is 0.791. The zero-order valence-electron chi connectivity index (χ0n) is 14.7. The Morgan fingerprint density at radius 3 is 2.37 bits per heavy atom. The highest BCUT2D eigenvalue weighted by Gasteiger charge is 2.19. The molecule has 1 aliphatic heterocycles. The van der Waals surface area contributed by atoms with Crippen molar-refractivity contribution in [3.63, 3.8) is 0 Å². The molecule has 2 N–H and O–H groups in total. The highest BCUT2D eigenvalue weighted by atomic mass is 19.1. The Balaban J connectivity index is 1.82. The fourth-order valence-corrected chi connectivity index (χ4v) is 2.57. The van der Waals surface area contributed by atoms with E-state index in [4.69, 9.17) is 4.74 Å². The van der Waals surface area contributed by atoms with E-state index in [0.717, 1.165) is 0 Å². The molecule has 0 radical (unpaired) electrons. The van der Waals surface area contributed by atoms with Gasteiger partial charge in [0.25, 0.3) is 11.8 Å². The fourth-order valence-electron chi connectivity index (χ4n) is 2.57. The van der Waals surface area contributed by atoms with Gasteiger partial charge in [0, 0.05) is 24.2 Å². The predicted octanol–water partition coefficient (Wildman–Crippen LogP) is 1.96. The SMILES string of the molecule is O=C(NN1CCOCC1)/C(=C\c1ccccc1F)NC(=O)c1ccccc1. The van der Waals surface area contributed by atoms with Crippen LogP contribution < -0.4 is 10.7 Å². The minimum Gasteiger partial charge on any atom is -0.379 e. The molecule has 0 unspecified atom stereocenters. The van der Waals surface area contributed by atoms with Gasteiger partial charge in [-0.05, 0) is 24.3 Å². The third-order valence-corrected chi connectivity index (χ3v) is 4.00. The number of ether oxygens (including phenoxy) is 1. The molecule has 7 heteroatoms. The summed E-state index contributed by atoms with van der Waals surface area (Å²) in [4.78, 5) is 25.2. The second-order valence-corrected chi connectivity index (χ2v) is 5.94. The van der Waals surface area contributed by atoms with Gasteiger partial charge in [0.15, 0.2) is 0 Å². The summed E-state index contributed by atoms with van der Waals surface area (Å²) >= 11 is 0. The summed E-state index contributed by atoms with van der Waals surface area (Å²) in [5.74, 6) is -1.46. The van der Waals surface area contributed by atoms with Crippen LogP contribution in [0, 0.1) is 5.82 Å². The Labute approximate surface area is 156 Å². The van der Waals surface area contributed by atoms with Crippen molar-refractivity contribution in [3.8, 4) is 0 Å². The lowest BCUT2D eigenvalue weighted by Gasteiger charge is -2.27. The Morgan fingerprint density at radius 1 is 1.00 bits per heavy atom. The molecule has 0 spiro atoms. The number of benzene rings is 2. The lowest BCUT2D eigenvalue weighted by Crippen LogP contribution is -2.50. The van der Waals surface area contributed by atoms with Crippen molar-refractivity contribution in [2.24, 2.45) is 0 Å². The Hall–Kier alpha value is -3.03. The first-order valence-corrected chi connectivity index (χ1v) is 8.60. The summed E-state index contributed by atoms with van der Waals surface area (Å²) < 4.78 is 19.3. The van der Waals surface area contributed by atoms with Gasteiger partial charge in [-0.1, -0.05) is 36.4 Å². The van der Waals surface area contributed by atoms with Crippen LogP contribution in [-0.2, 0) is 9.53 Å². The summed E-state index contributed by atoms with van der Waals surface area (Å²) in [6.07, 6.45) is 1.33. The number of halogens is 1. The minimum atomic E-state index is -0.524. The molecule has 1 heterocycles. The van der Waals surface area contributed by atoms with Crippen LogP contribution in [0.1, 0.15) is 15.9 Å². The third-order valence-electron chi connectivity index (χ3n) is 4.00. The van der Waals surface area contributed by atoms with Crippen molar-refractivity contribution in [1.82, 2.24) is 15.8 Å². The van der Waals surface area contributed by atoms with E-state index in [-0.39, 0.29) is 11.3 Å². The molecule has 140 valence electrons. The summed E-state index contributed by atoms with van der Waals surface area (Å²) in [6.45, 7) is 2.07. The molecule has 1 fully saturated rings. The van der Waals surface area contributed by atoms with E-state index in [1.165, 1.54) is 18.2 Å². The summed E-state index contributed by atoms with van der Waals surface area (Å²) in [5.41, 5.74) is 3.29. The Bertz CT molecular complexity index is 833. The molecule has 2 amide bonds. The first kappa shape index (κ1) is 18.8. The molecule has 3 rings (SSSR count). The fraction of sp³-hybridized carbons (Fsp3) is 0.200. The van der Waals surface area contributed by atoms with Crippen molar-refractivity contribution >= 4 is 17.9 Å². The number of nitrogens with zero attached hydrogens (tertiary/aromatic N) is 1. The third kappa shape index (κ3) is 5.22. The smallest absolute Gasteiger partial charge is 0.282 e. The zero-order valence-corrected chi connectivity index (χ0v) is 14.7. The molecule has 2 aromatic carbocycles. The Morgan fingerprint density at radius 2 is 1.67 bits per heavy atom. The van der Waals surface area contributed by atoms with Gasteiger partial charge in [-0.3, -0.25) is 15.0 Å². The van der Waals surface area contributed by atoms with Gasteiger partial charge in [-0.15, -0.1) is 0 Å². The van der Waals surface area contributed by atoms with E-state index in [1.807, 2.05) is 0 Å². The van der Waals surface area contributed by atoms with Crippen molar-refractivity contribution < 1.29 is 18.7 Å². The molecule has 0 saturated carbocycles. The maximum absolute atomic E-state index is 14.0. The molecule has 2 aromatic rings. The Kier molecular flexibility index (Phi) is 6.30. The van der Waals surface area contributed by atoms with E-state index in [1.54, 1.807) is 47.5 Å². The number of hydrogen-bond acceptors (Lipinski definition) is 4. The molecule has 27 heavy (non-hydrogen) atoms. The summed E-state index contributed by atoms with van der Waals surface area (Å²) in [7, 11) is 0. The molecular formula is C20H20FN3O3. The number of carbonyl (C=O) groups is 2. The molecule has 6 nitrogen and oxygen atoms in total. The lowest BCUT2D eigenvalue weighted by atomic mass is 10.1. The van der Waals surface area contributed by atoms with Crippen LogP contribution in [0.5, 0.6) is 0 Å². The number of amides is 2. The van der Waals surface area contributed by atoms with Gasteiger partial charge in [0.05, 0.1) is 13.2 Å². The van der Waals surface area contributed by atoms with Crippen LogP contribution in [0.2, 0.25) is 0 Å². The number of hydrazine groups is 1. The second-order valence-electron chi connectivity index (χ2n) is 5.94. The molecule has 1 aliphatic rings. The van der Waals surface area contributed by atoms with Gasteiger partial charge in [-0.2, -0.15) is 0 Å². The molecule has 0 bridgehead atoms. The van der Waals surface area contributed by atoms with Gasteiger partial charge in [-0.25, -0.2) is 9.40 Å². The van der Waals surface area contributed by atoms with Gasteiger partial charge in [0.1, 0.15) is 11.5 Å². The highest BCUT2D eigenvalue weighted by Crippen LogP contribution is 2.12. The molecule has 1 saturated heterocycles. The average molecular weight is 369 g/mol. The normalized spacial score (nSPS) is 15.2. The number of hydrogen-bond donors (Lipinski definition) is 2. The van der Waals surface area contributed by atoms with Gasteiger partial charge < -0.3 is 10.1 Å². The van der Waals surface area contributed by atoms with Crippen molar-refractivity contribution in [3.05, 3.63) is 77.2 Å². The average Bonchev–Trinajstić information content (AvgIpc) is 2.70. The summed E-state index contributed by atoms with van der Waals surface area (Å²) in [6, 6.07) is 14.6. The van der Waals surface area contributed by atoms with Crippen molar-refractivity contribution in [2.75, 3.05) is 26.3 Å². The van der Waals surface area contributed by atoms with Crippen LogP contribution in [-0.4, -0.2) is 43.1 Å². The van der Waals surface area contributed by atoms with E-state index in [2.05, 4.69) is 10.7 Å². The summed E-state index contributed by atoms with van der Waals surface area (Å²) in [5, 5.41) is 4.29. The minimum absolute atomic E-state index is 0.0413. The number of rotatable bonds is 5. The molecule has 0 aromatic heterocycles. The van der Waals surface area contributed by atoms with Gasteiger partial charge >= 0.3 is 0 Å². The maximum atomic E-state index is 14.0. The van der Waals surface area contributed by atoms with Crippen molar-refractivity contribution in [2.45, 2.75) is 0 Å². The van der Waals surface area contributed by atoms with Crippen molar-refractivity contribution in [1.29, 1.82) is 0 Å². The standard InChI is InChI=1S/C20H20FN3O3/c21-17-9-5-4-8-16(17)14-18(20(26)23-24-10-12-27-13-11-24)22-19(25)15-6-2-1-3-7-15/h1-9,14H,10-13H2,(H,22,25)(H,23,26)/b18-14+. The predicted molar refractivity (Wildman–Crippen MR) is 98.8 cm³/mol. The van der Waals surface area contributed by atoms with Crippen LogP contribution >= 0.6 is 0 Å². The van der Waals surface area contributed by atoms with Crippen LogP contribution in [0.25, 0.3) is 6.08 Å². The van der Waals surface area contributed by atoms with E-state index >= 15 is 0 Å². The second kappa shape index (κ2) is 9.07. The zero-order chi connectivity index (χ0) is 19.1. The largest absolute Gasteiger partial charge is 0.379 e. The van der Waals surface area contributed by atoms with E-state index in [0.29, 0.717) is 31.9 Å². The van der Waals surface area contributed by atoms with Crippen LogP contribution in [0.3, 0.4) is 0 Å². The number of carbonyl (C=O) groups excluding carboxylic acids is 2. The topological polar surface area (TPSA) is 70.7 Å². The van der Waals surface area contributed by atoms with Crippen LogP contribution in [0.15, 0.2) is 60.3 Å². The van der Waals surface area contributed by atoms with E-state index < -0.39 is 17.6 Å². The number of morpholine rings is 1.